The van der Waals surface area contributed by atoms with Crippen LogP contribution in [0.15, 0.2) is 97.2 Å². The van der Waals surface area contributed by atoms with Gasteiger partial charge in [-0.1, -0.05) is 36.4 Å². The number of aromatic nitrogens is 1. The highest BCUT2D eigenvalue weighted by molar-refractivity contribution is 6.09. The fourth-order valence-corrected chi connectivity index (χ4v) is 3.45. The Bertz CT molecular complexity index is 1240. The molecule has 0 unspecified atom stereocenters. The molecule has 0 fully saturated rings. The van der Waals surface area contributed by atoms with E-state index in [2.05, 4.69) is 15.6 Å². The second-order valence-electron chi connectivity index (χ2n) is 7.38. The summed E-state index contributed by atoms with van der Waals surface area (Å²) in [5, 5.41) is 17.4. The standard InChI is InChI=1S/C26H22N4O3/c31-26(25-18-23(30(32)33)13-14-24(25)19-6-2-1-3-7-19)29-22-11-9-21(10-12-22)28-17-15-20-8-4-5-16-27-20/h1-14,16,18,28H,15,17H2,(H,29,31). The molecule has 164 valence electrons. The van der Waals surface area contributed by atoms with Crippen molar-refractivity contribution in [1.29, 1.82) is 0 Å². The minimum atomic E-state index is -0.503. The molecule has 0 saturated heterocycles. The first-order valence-electron chi connectivity index (χ1n) is 10.5. The van der Waals surface area contributed by atoms with Crippen molar-refractivity contribution in [2.75, 3.05) is 17.2 Å². The summed E-state index contributed by atoms with van der Waals surface area (Å²) in [6.07, 6.45) is 2.58. The molecule has 1 heterocycles. The van der Waals surface area contributed by atoms with Crippen molar-refractivity contribution in [1.82, 2.24) is 4.98 Å². The second kappa shape index (κ2) is 10.2. The number of nitrogens with zero attached hydrogens (tertiary/aromatic N) is 2. The zero-order valence-corrected chi connectivity index (χ0v) is 17.8. The maximum atomic E-state index is 13.0. The van der Waals surface area contributed by atoms with Gasteiger partial charge >= 0.3 is 0 Å². The number of carbonyl (C=O) groups is 1. The SMILES string of the molecule is O=C(Nc1ccc(NCCc2ccccn2)cc1)c1cc([N+](=O)[O-])ccc1-c1ccccc1. The third kappa shape index (κ3) is 5.59. The van der Waals surface area contributed by atoms with Gasteiger partial charge in [0.2, 0.25) is 0 Å². The highest BCUT2D eigenvalue weighted by Crippen LogP contribution is 2.28. The smallest absolute Gasteiger partial charge is 0.270 e. The summed E-state index contributed by atoms with van der Waals surface area (Å²) in [5.74, 6) is -0.409. The van der Waals surface area contributed by atoms with Gasteiger partial charge < -0.3 is 10.6 Å². The van der Waals surface area contributed by atoms with Gasteiger partial charge in [-0.3, -0.25) is 19.9 Å². The van der Waals surface area contributed by atoms with E-state index in [1.54, 1.807) is 24.4 Å². The molecule has 0 bridgehead atoms. The Balaban J connectivity index is 1.46. The van der Waals surface area contributed by atoms with Crippen molar-refractivity contribution >= 4 is 23.0 Å². The summed E-state index contributed by atoms with van der Waals surface area (Å²) in [4.78, 5) is 28.1. The minimum absolute atomic E-state index is 0.132. The predicted octanol–water partition coefficient (Wildman–Crippen LogP) is 5.56. The van der Waals surface area contributed by atoms with E-state index in [0.29, 0.717) is 11.3 Å². The number of non-ortho nitro benzene ring substituents is 1. The zero-order chi connectivity index (χ0) is 23.0. The van der Waals surface area contributed by atoms with E-state index in [-0.39, 0.29) is 11.3 Å². The molecule has 0 aliphatic carbocycles. The molecule has 0 aliphatic rings. The number of hydrogen-bond acceptors (Lipinski definition) is 5. The van der Waals surface area contributed by atoms with Crippen LogP contribution in [-0.4, -0.2) is 22.4 Å². The Morgan fingerprint density at radius 1 is 0.879 bits per heavy atom. The molecule has 0 saturated carbocycles. The van der Waals surface area contributed by atoms with Crippen LogP contribution in [0, 0.1) is 10.1 Å². The Kier molecular flexibility index (Phi) is 6.70. The molecule has 7 nitrogen and oxygen atoms in total. The summed E-state index contributed by atoms with van der Waals surface area (Å²) in [7, 11) is 0. The average Bonchev–Trinajstić information content (AvgIpc) is 2.86. The summed E-state index contributed by atoms with van der Waals surface area (Å²) in [6.45, 7) is 0.733. The van der Waals surface area contributed by atoms with E-state index in [1.807, 2.05) is 60.7 Å². The number of anilines is 2. The fourth-order valence-electron chi connectivity index (χ4n) is 3.45. The van der Waals surface area contributed by atoms with E-state index >= 15 is 0 Å². The topological polar surface area (TPSA) is 97.2 Å². The lowest BCUT2D eigenvalue weighted by molar-refractivity contribution is -0.384. The number of amides is 1. The lowest BCUT2D eigenvalue weighted by atomic mass is 9.98. The normalized spacial score (nSPS) is 10.4. The Labute approximate surface area is 191 Å². The summed E-state index contributed by atoms with van der Waals surface area (Å²) < 4.78 is 0. The van der Waals surface area contributed by atoms with Gasteiger partial charge in [-0.05, 0) is 53.6 Å². The molecule has 1 amide bonds. The van der Waals surface area contributed by atoms with Crippen molar-refractivity contribution in [3.63, 3.8) is 0 Å². The van der Waals surface area contributed by atoms with Crippen LogP contribution in [-0.2, 0) is 6.42 Å². The zero-order valence-electron chi connectivity index (χ0n) is 17.8. The van der Waals surface area contributed by atoms with Crippen LogP contribution in [0.1, 0.15) is 16.1 Å². The van der Waals surface area contributed by atoms with Crippen LogP contribution < -0.4 is 10.6 Å². The van der Waals surface area contributed by atoms with E-state index in [1.165, 1.54) is 12.1 Å². The molecular weight excluding hydrogens is 416 g/mol. The fraction of sp³-hybridized carbons (Fsp3) is 0.0769. The molecule has 0 atom stereocenters. The number of nitro benzene ring substituents is 1. The minimum Gasteiger partial charge on any atom is -0.385 e. The van der Waals surface area contributed by atoms with Gasteiger partial charge in [0.1, 0.15) is 0 Å². The third-order valence-corrected chi connectivity index (χ3v) is 5.12. The van der Waals surface area contributed by atoms with Crippen LogP contribution in [0.5, 0.6) is 0 Å². The maximum absolute atomic E-state index is 13.0. The molecule has 0 aliphatic heterocycles. The van der Waals surface area contributed by atoms with E-state index in [9.17, 15) is 14.9 Å². The van der Waals surface area contributed by atoms with Crippen LogP contribution >= 0.6 is 0 Å². The van der Waals surface area contributed by atoms with Crippen LogP contribution in [0.3, 0.4) is 0 Å². The maximum Gasteiger partial charge on any atom is 0.270 e. The summed E-state index contributed by atoms with van der Waals surface area (Å²) in [5.41, 5.74) is 4.09. The quantitative estimate of drug-likeness (QED) is 0.277. The molecule has 1 aromatic heterocycles. The number of benzene rings is 3. The van der Waals surface area contributed by atoms with Gasteiger partial charge in [0.15, 0.2) is 0 Å². The number of rotatable bonds is 8. The molecule has 3 aromatic carbocycles. The van der Waals surface area contributed by atoms with Gasteiger partial charge in [0.25, 0.3) is 11.6 Å². The first-order valence-corrected chi connectivity index (χ1v) is 10.5. The molecular formula is C26H22N4O3. The van der Waals surface area contributed by atoms with E-state index in [4.69, 9.17) is 0 Å². The predicted molar refractivity (Wildman–Crippen MR) is 129 cm³/mol. The number of hydrogen-bond donors (Lipinski definition) is 2. The van der Waals surface area contributed by atoms with Crippen LogP contribution in [0.2, 0.25) is 0 Å². The lowest BCUT2D eigenvalue weighted by Crippen LogP contribution is -2.13. The molecule has 0 spiro atoms. The number of nitrogens with one attached hydrogen (secondary N) is 2. The van der Waals surface area contributed by atoms with Gasteiger partial charge in [0, 0.05) is 48.4 Å². The van der Waals surface area contributed by atoms with Crippen LogP contribution in [0.4, 0.5) is 17.1 Å². The van der Waals surface area contributed by atoms with Crippen LogP contribution in [0.25, 0.3) is 11.1 Å². The van der Waals surface area contributed by atoms with Crippen molar-refractivity contribution in [3.8, 4) is 11.1 Å². The molecule has 4 aromatic rings. The number of pyridine rings is 1. The molecule has 2 N–H and O–H groups in total. The Morgan fingerprint density at radius 2 is 1.61 bits per heavy atom. The third-order valence-electron chi connectivity index (χ3n) is 5.12. The summed E-state index contributed by atoms with van der Waals surface area (Å²) >= 11 is 0. The average molecular weight is 438 g/mol. The van der Waals surface area contributed by atoms with Gasteiger partial charge in [-0.2, -0.15) is 0 Å². The number of carbonyl (C=O) groups excluding carboxylic acids is 1. The van der Waals surface area contributed by atoms with Gasteiger partial charge in [-0.15, -0.1) is 0 Å². The summed E-state index contributed by atoms with van der Waals surface area (Å²) in [6, 6.07) is 26.8. The van der Waals surface area contributed by atoms with Crippen molar-refractivity contribution in [2.24, 2.45) is 0 Å². The molecule has 7 heteroatoms. The Hall–Kier alpha value is -4.52. The van der Waals surface area contributed by atoms with Crippen molar-refractivity contribution in [3.05, 3.63) is 119 Å². The molecule has 33 heavy (non-hydrogen) atoms. The Morgan fingerprint density at radius 3 is 2.30 bits per heavy atom. The highest BCUT2D eigenvalue weighted by Gasteiger charge is 2.18. The van der Waals surface area contributed by atoms with Crippen molar-refractivity contribution < 1.29 is 9.72 Å². The van der Waals surface area contributed by atoms with E-state index in [0.717, 1.165) is 29.9 Å². The largest absolute Gasteiger partial charge is 0.385 e. The monoisotopic (exact) mass is 438 g/mol. The van der Waals surface area contributed by atoms with E-state index < -0.39 is 10.8 Å². The highest BCUT2D eigenvalue weighted by atomic mass is 16.6. The van der Waals surface area contributed by atoms with Gasteiger partial charge in [0.05, 0.1) is 10.5 Å². The molecule has 0 radical (unpaired) electrons. The lowest BCUT2D eigenvalue weighted by Gasteiger charge is -2.12. The first kappa shape index (κ1) is 21.7. The van der Waals surface area contributed by atoms with Gasteiger partial charge in [-0.25, -0.2) is 0 Å². The van der Waals surface area contributed by atoms with Crippen molar-refractivity contribution in [2.45, 2.75) is 6.42 Å². The second-order valence-corrected chi connectivity index (χ2v) is 7.38. The number of nitro groups is 1. The first-order chi connectivity index (χ1) is 16.1. The molecule has 4 rings (SSSR count).